The number of anilines is 1. The topological polar surface area (TPSA) is 55.1 Å². The van der Waals surface area contributed by atoms with Crippen molar-refractivity contribution in [1.82, 2.24) is 0 Å². The van der Waals surface area contributed by atoms with Crippen LogP contribution in [0.5, 0.6) is 0 Å². The number of nitrogens with one attached hydrogen (secondary N) is 1. The molecule has 3 nitrogen and oxygen atoms in total. The van der Waals surface area contributed by atoms with Crippen molar-refractivity contribution in [2.24, 2.45) is 11.7 Å². The highest BCUT2D eigenvalue weighted by molar-refractivity contribution is 5.95. The molecule has 1 aliphatic carbocycles. The number of primary amides is 1. The Morgan fingerprint density at radius 2 is 2.10 bits per heavy atom. The Hall–Kier alpha value is -1.51. The van der Waals surface area contributed by atoms with Gasteiger partial charge in [-0.2, -0.15) is 0 Å². The molecule has 3 N–H and O–H groups in total. The Morgan fingerprint density at radius 1 is 1.29 bits per heavy atom. The Labute approximate surface area is 128 Å². The first-order valence-corrected chi connectivity index (χ1v) is 8.27. The van der Waals surface area contributed by atoms with Gasteiger partial charge in [0, 0.05) is 17.3 Å². The van der Waals surface area contributed by atoms with Gasteiger partial charge in [-0.15, -0.1) is 0 Å². The summed E-state index contributed by atoms with van der Waals surface area (Å²) in [4.78, 5) is 11.4. The molecule has 0 aliphatic heterocycles. The largest absolute Gasteiger partial charge is 0.382 e. The average Bonchev–Trinajstić information content (AvgIpc) is 2.67. The zero-order valence-corrected chi connectivity index (χ0v) is 13.3. The molecule has 2 rings (SSSR count). The lowest BCUT2D eigenvalue weighted by molar-refractivity contribution is 0.1000. The molecule has 1 aromatic carbocycles. The normalized spacial score (nSPS) is 22.6. The third-order valence-corrected chi connectivity index (χ3v) is 4.74. The fraction of sp³-hybridized carbons (Fsp3) is 0.611. The predicted molar refractivity (Wildman–Crippen MR) is 88.6 cm³/mol. The van der Waals surface area contributed by atoms with Crippen molar-refractivity contribution in [3.05, 3.63) is 29.3 Å². The van der Waals surface area contributed by atoms with E-state index in [2.05, 4.69) is 18.3 Å². The second kappa shape index (κ2) is 7.48. The maximum atomic E-state index is 11.4. The molecule has 1 amide bonds. The summed E-state index contributed by atoms with van der Waals surface area (Å²) in [5.74, 6) is 0.555. The number of benzene rings is 1. The first-order chi connectivity index (χ1) is 10.1. The van der Waals surface area contributed by atoms with E-state index in [0.29, 0.717) is 11.6 Å². The van der Waals surface area contributed by atoms with Crippen LogP contribution >= 0.6 is 0 Å². The van der Waals surface area contributed by atoms with Crippen LogP contribution in [0, 0.1) is 12.8 Å². The lowest BCUT2D eigenvalue weighted by Gasteiger charge is -2.20. The minimum Gasteiger partial charge on any atom is -0.382 e. The van der Waals surface area contributed by atoms with Crippen LogP contribution in [-0.2, 0) is 0 Å². The van der Waals surface area contributed by atoms with E-state index in [-0.39, 0.29) is 5.91 Å². The highest BCUT2D eigenvalue weighted by Crippen LogP contribution is 2.29. The summed E-state index contributed by atoms with van der Waals surface area (Å²) in [6.45, 7) is 4.25. The van der Waals surface area contributed by atoms with Gasteiger partial charge < -0.3 is 11.1 Å². The fourth-order valence-corrected chi connectivity index (χ4v) is 3.50. The standard InChI is InChI=1S/C18H28N2O/c1-3-6-14-7-4-8-15(12-11-14)20-17-10-5-9-16(13(17)2)18(19)21/h5,9-10,14-15,20H,3-4,6-8,11-12H2,1-2H3,(H2,19,21). The van der Waals surface area contributed by atoms with Crippen LogP contribution in [0.15, 0.2) is 18.2 Å². The molecule has 0 heterocycles. The molecular formula is C18H28N2O. The monoisotopic (exact) mass is 288 g/mol. The van der Waals surface area contributed by atoms with E-state index >= 15 is 0 Å². The molecule has 0 bridgehead atoms. The first-order valence-electron chi connectivity index (χ1n) is 8.27. The molecule has 0 saturated heterocycles. The maximum Gasteiger partial charge on any atom is 0.249 e. The van der Waals surface area contributed by atoms with Crippen molar-refractivity contribution < 1.29 is 4.79 Å². The number of carbonyl (C=O) groups excluding carboxylic acids is 1. The number of carbonyl (C=O) groups is 1. The van der Waals surface area contributed by atoms with Crippen LogP contribution in [0.4, 0.5) is 5.69 Å². The Kier molecular flexibility index (Phi) is 5.66. The van der Waals surface area contributed by atoms with E-state index in [4.69, 9.17) is 5.73 Å². The Morgan fingerprint density at radius 3 is 2.81 bits per heavy atom. The molecule has 0 radical (unpaired) electrons. The van der Waals surface area contributed by atoms with E-state index in [1.54, 1.807) is 6.07 Å². The molecule has 3 heteroatoms. The van der Waals surface area contributed by atoms with Gasteiger partial charge in [-0.1, -0.05) is 38.7 Å². The summed E-state index contributed by atoms with van der Waals surface area (Å²) in [6.07, 6.45) is 9.10. The van der Waals surface area contributed by atoms with Crippen LogP contribution in [0.3, 0.4) is 0 Å². The molecule has 2 unspecified atom stereocenters. The zero-order valence-electron chi connectivity index (χ0n) is 13.3. The summed E-state index contributed by atoms with van der Waals surface area (Å²) in [6, 6.07) is 6.28. The quantitative estimate of drug-likeness (QED) is 0.796. The Balaban J connectivity index is 2.02. The molecule has 1 aromatic rings. The van der Waals surface area contributed by atoms with Crippen molar-refractivity contribution in [1.29, 1.82) is 0 Å². The number of hydrogen-bond donors (Lipinski definition) is 2. The average molecular weight is 288 g/mol. The lowest BCUT2D eigenvalue weighted by atomic mass is 9.95. The first kappa shape index (κ1) is 15.9. The van der Waals surface area contributed by atoms with E-state index in [1.807, 2.05) is 13.0 Å². The molecule has 0 spiro atoms. The van der Waals surface area contributed by atoms with E-state index in [9.17, 15) is 4.79 Å². The van der Waals surface area contributed by atoms with Crippen LogP contribution in [-0.4, -0.2) is 11.9 Å². The fourth-order valence-electron chi connectivity index (χ4n) is 3.50. The van der Waals surface area contributed by atoms with Gasteiger partial charge in [0.05, 0.1) is 0 Å². The van der Waals surface area contributed by atoms with Crippen molar-refractivity contribution in [3.63, 3.8) is 0 Å². The highest BCUT2D eigenvalue weighted by Gasteiger charge is 2.19. The molecule has 116 valence electrons. The zero-order chi connectivity index (χ0) is 15.2. The summed E-state index contributed by atoms with van der Waals surface area (Å²) in [5.41, 5.74) is 8.08. The van der Waals surface area contributed by atoms with Gasteiger partial charge in [0.25, 0.3) is 0 Å². The molecule has 2 atom stereocenters. The van der Waals surface area contributed by atoms with Gasteiger partial charge in [0.1, 0.15) is 0 Å². The second-order valence-electron chi connectivity index (χ2n) is 6.35. The SMILES string of the molecule is CCCC1CCCC(Nc2cccc(C(N)=O)c2C)CC1. The van der Waals surface area contributed by atoms with Crippen molar-refractivity contribution in [2.75, 3.05) is 5.32 Å². The summed E-state index contributed by atoms with van der Waals surface area (Å²) >= 11 is 0. The van der Waals surface area contributed by atoms with Crippen LogP contribution < -0.4 is 11.1 Å². The Bertz CT molecular complexity index is 484. The van der Waals surface area contributed by atoms with Crippen LogP contribution in [0.2, 0.25) is 0 Å². The highest BCUT2D eigenvalue weighted by atomic mass is 16.1. The van der Waals surface area contributed by atoms with Gasteiger partial charge in [0.2, 0.25) is 5.91 Å². The second-order valence-corrected chi connectivity index (χ2v) is 6.35. The summed E-state index contributed by atoms with van der Waals surface area (Å²) in [5, 5.41) is 3.64. The van der Waals surface area contributed by atoms with Gasteiger partial charge in [-0.3, -0.25) is 4.79 Å². The van der Waals surface area contributed by atoms with E-state index < -0.39 is 0 Å². The molecule has 0 aromatic heterocycles. The predicted octanol–water partition coefficient (Wildman–Crippen LogP) is 4.25. The number of hydrogen-bond acceptors (Lipinski definition) is 2. The van der Waals surface area contributed by atoms with E-state index in [1.165, 1.54) is 44.9 Å². The van der Waals surface area contributed by atoms with Crippen LogP contribution in [0.25, 0.3) is 0 Å². The molecule has 21 heavy (non-hydrogen) atoms. The number of amides is 1. The molecule has 1 fully saturated rings. The molecule has 1 aliphatic rings. The van der Waals surface area contributed by atoms with Crippen molar-refractivity contribution in [3.8, 4) is 0 Å². The molecule has 1 saturated carbocycles. The number of nitrogens with two attached hydrogens (primary N) is 1. The molecular weight excluding hydrogens is 260 g/mol. The smallest absolute Gasteiger partial charge is 0.249 e. The van der Waals surface area contributed by atoms with Gasteiger partial charge in [0.15, 0.2) is 0 Å². The van der Waals surface area contributed by atoms with Gasteiger partial charge in [-0.05, 0) is 49.8 Å². The lowest BCUT2D eigenvalue weighted by Crippen LogP contribution is -2.20. The minimum absolute atomic E-state index is 0.347. The third kappa shape index (κ3) is 4.23. The number of rotatable bonds is 5. The van der Waals surface area contributed by atoms with Crippen LogP contribution in [0.1, 0.15) is 67.8 Å². The summed E-state index contributed by atoms with van der Waals surface area (Å²) < 4.78 is 0. The van der Waals surface area contributed by atoms with Gasteiger partial charge >= 0.3 is 0 Å². The van der Waals surface area contributed by atoms with E-state index in [0.717, 1.165) is 17.2 Å². The van der Waals surface area contributed by atoms with Crippen molar-refractivity contribution in [2.45, 2.75) is 64.8 Å². The van der Waals surface area contributed by atoms with Crippen molar-refractivity contribution >= 4 is 11.6 Å². The maximum absolute atomic E-state index is 11.4. The third-order valence-electron chi connectivity index (χ3n) is 4.74. The summed E-state index contributed by atoms with van der Waals surface area (Å²) in [7, 11) is 0. The van der Waals surface area contributed by atoms with Gasteiger partial charge in [-0.25, -0.2) is 0 Å². The minimum atomic E-state index is -0.347.